The van der Waals surface area contributed by atoms with Crippen LogP contribution in [0.5, 0.6) is 11.5 Å². The normalized spacial score (nSPS) is 23.6. The molecule has 0 spiro atoms. The maximum Gasteiger partial charge on any atom is 0.196 e. The van der Waals surface area contributed by atoms with Gasteiger partial charge in [0.15, 0.2) is 17.3 Å². The summed E-state index contributed by atoms with van der Waals surface area (Å²) in [7, 11) is 4.99. The third kappa shape index (κ3) is 2.67. The zero-order chi connectivity index (χ0) is 14.0. The molecular formula is C14H21FN2O2. The number of benzene rings is 1. The molecule has 1 saturated heterocycles. The number of likely N-dealkylation sites (tertiary alicyclic amines) is 1. The van der Waals surface area contributed by atoms with Crippen LogP contribution in [-0.2, 0) is 0 Å². The fraction of sp³-hybridized carbons (Fsp3) is 0.571. The summed E-state index contributed by atoms with van der Waals surface area (Å²) < 4.78 is 24.2. The minimum absolute atomic E-state index is 0.155. The van der Waals surface area contributed by atoms with Gasteiger partial charge < -0.3 is 15.2 Å². The molecule has 106 valence electrons. The Hall–Kier alpha value is -1.33. The Balaban J connectivity index is 2.33. The van der Waals surface area contributed by atoms with Crippen LogP contribution in [0.4, 0.5) is 4.39 Å². The molecule has 0 bridgehead atoms. The molecule has 0 aliphatic carbocycles. The maximum atomic E-state index is 14.0. The lowest BCUT2D eigenvalue weighted by Crippen LogP contribution is -2.20. The van der Waals surface area contributed by atoms with Gasteiger partial charge in [0.2, 0.25) is 0 Å². The van der Waals surface area contributed by atoms with Crippen molar-refractivity contribution in [3.63, 3.8) is 0 Å². The number of ether oxygens (including phenoxy) is 2. The van der Waals surface area contributed by atoms with E-state index in [1.165, 1.54) is 20.3 Å². The number of hydrogen-bond donors (Lipinski definition) is 1. The molecule has 1 aliphatic heterocycles. The molecule has 2 atom stereocenters. The second-order valence-electron chi connectivity index (χ2n) is 5.03. The molecule has 1 aromatic rings. The molecule has 0 radical (unpaired) electrons. The van der Waals surface area contributed by atoms with E-state index in [1.807, 2.05) is 13.1 Å². The summed E-state index contributed by atoms with van der Waals surface area (Å²) in [5.74, 6) is 0.664. The Bertz CT molecular complexity index is 453. The summed E-state index contributed by atoms with van der Waals surface area (Å²) in [5.41, 5.74) is 6.63. The van der Waals surface area contributed by atoms with E-state index in [0.29, 0.717) is 18.2 Å². The second-order valence-corrected chi connectivity index (χ2v) is 5.03. The summed E-state index contributed by atoms with van der Waals surface area (Å²) >= 11 is 0. The number of halogens is 1. The van der Waals surface area contributed by atoms with Crippen molar-refractivity contribution in [3.05, 3.63) is 23.5 Å². The quantitative estimate of drug-likeness (QED) is 0.904. The SMILES string of the molecule is COc1cc(C2CC(CN)CN2C)cc(F)c1OC. The molecular weight excluding hydrogens is 247 g/mol. The average molecular weight is 268 g/mol. The molecule has 2 unspecified atom stereocenters. The molecule has 0 saturated carbocycles. The summed E-state index contributed by atoms with van der Waals surface area (Å²) in [6.07, 6.45) is 0.946. The van der Waals surface area contributed by atoms with Gasteiger partial charge in [0.05, 0.1) is 14.2 Å². The van der Waals surface area contributed by atoms with Gasteiger partial charge in [0.25, 0.3) is 0 Å². The van der Waals surface area contributed by atoms with Crippen LogP contribution in [0.2, 0.25) is 0 Å². The zero-order valence-electron chi connectivity index (χ0n) is 11.6. The van der Waals surface area contributed by atoms with Gasteiger partial charge in [-0.15, -0.1) is 0 Å². The molecule has 5 heteroatoms. The summed E-state index contributed by atoms with van der Waals surface area (Å²) in [4.78, 5) is 2.21. The Morgan fingerprint density at radius 3 is 2.63 bits per heavy atom. The number of nitrogens with zero attached hydrogens (tertiary/aromatic N) is 1. The van der Waals surface area contributed by atoms with Crippen LogP contribution in [0.15, 0.2) is 12.1 Å². The molecule has 1 fully saturated rings. The van der Waals surface area contributed by atoms with E-state index >= 15 is 0 Å². The van der Waals surface area contributed by atoms with E-state index in [2.05, 4.69) is 4.90 Å². The van der Waals surface area contributed by atoms with Crippen molar-refractivity contribution in [1.29, 1.82) is 0 Å². The summed E-state index contributed by atoms with van der Waals surface area (Å²) in [6.45, 7) is 1.60. The first-order valence-electron chi connectivity index (χ1n) is 6.42. The molecule has 19 heavy (non-hydrogen) atoms. The van der Waals surface area contributed by atoms with Crippen molar-refractivity contribution in [2.24, 2.45) is 11.7 Å². The van der Waals surface area contributed by atoms with Crippen molar-refractivity contribution in [2.75, 3.05) is 34.4 Å². The van der Waals surface area contributed by atoms with Gasteiger partial charge in [-0.3, -0.25) is 4.90 Å². The lowest BCUT2D eigenvalue weighted by molar-refractivity contribution is 0.307. The third-order valence-electron chi connectivity index (χ3n) is 3.81. The van der Waals surface area contributed by atoms with Crippen molar-refractivity contribution < 1.29 is 13.9 Å². The predicted octanol–water partition coefficient (Wildman–Crippen LogP) is 1.79. The fourth-order valence-corrected chi connectivity index (χ4v) is 2.80. The van der Waals surface area contributed by atoms with Crippen LogP contribution in [-0.4, -0.2) is 39.3 Å². The lowest BCUT2D eigenvalue weighted by atomic mass is 9.99. The average Bonchev–Trinajstić information content (AvgIpc) is 2.79. The second kappa shape index (κ2) is 5.75. The first-order valence-corrected chi connectivity index (χ1v) is 6.42. The molecule has 0 aromatic heterocycles. The molecule has 2 N–H and O–H groups in total. The Morgan fingerprint density at radius 2 is 2.11 bits per heavy atom. The Kier molecular flexibility index (Phi) is 4.27. The molecule has 0 amide bonds. The monoisotopic (exact) mass is 268 g/mol. The molecule has 1 aliphatic rings. The first-order chi connectivity index (χ1) is 9.10. The van der Waals surface area contributed by atoms with E-state index in [-0.39, 0.29) is 17.6 Å². The molecule has 2 rings (SSSR count). The molecule has 1 heterocycles. The van der Waals surface area contributed by atoms with Gasteiger partial charge in [-0.05, 0) is 43.6 Å². The van der Waals surface area contributed by atoms with Crippen molar-refractivity contribution in [1.82, 2.24) is 4.90 Å². The van der Waals surface area contributed by atoms with E-state index in [1.54, 1.807) is 0 Å². The van der Waals surface area contributed by atoms with Crippen LogP contribution in [0, 0.1) is 11.7 Å². The topological polar surface area (TPSA) is 47.7 Å². The minimum atomic E-state index is -0.388. The van der Waals surface area contributed by atoms with Gasteiger partial charge in [0, 0.05) is 12.6 Å². The van der Waals surface area contributed by atoms with E-state index in [9.17, 15) is 4.39 Å². The lowest BCUT2D eigenvalue weighted by Gasteiger charge is -2.21. The van der Waals surface area contributed by atoms with Crippen molar-refractivity contribution >= 4 is 0 Å². The van der Waals surface area contributed by atoms with Gasteiger partial charge in [-0.25, -0.2) is 4.39 Å². The highest BCUT2D eigenvalue weighted by Gasteiger charge is 2.31. The standard InChI is InChI=1S/C14H21FN2O2/c1-17-8-9(7-16)4-12(17)10-5-11(15)14(19-3)13(6-10)18-2/h5-6,9,12H,4,7-8,16H2,1-3H3. The Labute approximate surface area is 113 Å². The van der Waals surface area contributed by atoms with Crippen LogP contribution in [0.3, 0.4) is 0 Å². The van der Waals surface area contributed by atoms with Gasteiger partial charge in [-0.1, -0.05) is 0 Å². The van der Waals surface area contributed by atoms with E-state index < -0.39 is 0 Å². The minimum Gasteiger partial charge on any atom is -0.493 e. The van der Waals surface area contributed by atoms with Crippen molar-refractivity contribution in [3.8, 4) is 11.5 Å². The predicted molar refractivity (Wildman–Crippen MR) is 72.0 cm³/mol. The highest BCUT2D eigenvalue weighted by Crippen LogP contribution is 2.39. The molecule has 1 aromatic carbocycles. The Morgan fingerprint density at radius 1 is 1.37 bits per heavy atom. The zero-order valence-corrected chi connectivity index (χ0v) is 11.6. The smallest absolute Gasteiger partial charge is 0.196 e. The number of rotatable bonds is 4. The summed E-state index contributed by atoms with van der Waals surface area (Å²) in [6, 6.07) is 3.56. The number of methoxy groups -OCH3 is 2. The van der Waals surface area contributed by atoms with Crippen LogP contribution in [0.25, 0.3) is 0 Å². The first kappa shape index (κ1) is 14.1. The van der Waals surface area contributed by atoms with Crippen molar-refractivity contribution in [2.45, 2.75) is 12.5 Å². The maximum absolute atomic E-state index is 14.0. The van der Waals surface area contributed by atoms with Gasteiger partial charge in [-0.2, -0.15) is 0 Å². The number of nitrogens with two attached hydrogens (primary N) is 1. The van der Waals surface area contributed by atoms with Gasteiger partial charge >= 0.3 is 0 Å². The largest absolute Gasteiger partial charge is 0.493 e. The van der Waals surface area contributed by atoms with Gasteiger partial charge in [0.1, 0.15) is 0 Å². The number of hydrogen-bond acceptors (Lipinski definition) is 4. The highest BCUT2D eigenvalue weighted by atomic mass is 19.1. The van der Waals surface area contributed by atoms with E-state index in [4.69, 9.17) is 15.2 Å². The van der Waals surface area contributed by atoms with Crippen LogP contribution < -0.4 is 15.2 Å². The molecule has 4 nitrogen and oxygen atoms in total. The summed E-state index contributed by atoms with van der Waals surface area (Å²) in [5, 5.41) is 0. The van der Waals surface area contributed by atoms with Crippen LogP contribution in [0.1, 0.15) is 18.0 Å². The van der Waals surface area contributed by atoms with E-state index in [0.717, 1.165) is 18.5 Å². The highest BCUT2D eigenvalue weighted by molar-refractivity contribution is 5.45. The van der Waals surface area contributed by atoms with Crippen LogP contribution >= 0.6 is 0 Å². The fourth-order valence-electron chi connectivity index (χ4n) is 2.80. The third-order valence-corrected chi connectivity index (χ3v) is 3.81.